The number of rotatable bonds is 6. The summed E-state index contributed by atoms with van der Waals surface area (Å²) in [5.41, 5.74) is 2.88. The Morgan fingerprint density at radius 1 is 1.20 bits per heavy atom. The fraction of sp³-hybridized carbons (Fsp3) is 0.381. The summed E-state index contributed by atoms with van der Waals surface area (Å²) in [4.78, 5) is 21.5. The number of fused-ring (bicyclic) bond motifs is 1. The number of imidazole rings is 1. The first-order chi connectivity index (χ1) is 13.7. The second-order valence-corrected chi connectivity index (χ2v) is 7.24. The highest BCUT2D eigenvalue weighted by Gasteiger charge is 2.32. The van der Waals surface area contributed by atoms with Crippen molar-refractivity contribution in [1.82, 2.24) is 25.2 Å². The van der Waals surface area contributed by atoms with Gasteiger partial charge in [0.25, 0.3) is 5.91 Å². The molecule has 0 unspecified atom stereocenters. The highest BCUT2D eigenvalue weighted by atomic mass is 35.5. The molecule has 1 aromatic carbocycles. The Morgan fingerprint density at radius 2 is 1.93 bits per heavy atom. The van der Waals surface area contributed by atoms with Gasteiger partial charge in [0.1, 0.15) is 5.52 Å². The normalized spacial score (nSPS) is 15.1. The zero-order valence-electron chi connectivity index (χ0n) is 16.8. The number of piperidine rings is 1. The molecule has 0 bridgehead atoms. The van der Waals surface area contributed by atoms with Gasteiger partial charge in [-0.05, 0) is 37.6 Å². The predicted molar refractivity (Wildman–Crippen MR) is 122 cm³/mol. The van der Waals surface area contributed by atoms with Gasteiger partial charge < -0.3 is 19.9 Å². The third-order valence-corrected chi connectivity index (χ3v) is 5.43. The first kappa shape index (κ1) is 24.1. The lowest BCUT2D eigenvalue weighted by Gasteiger charge is -2.36. The summed E-state index contributed by atoms with van der Waals surface area (Å²) >= 11 is 0. The van der Waals surface area contributed by atoms with E-state index in [1.165, 1.54) is 5.56 Å². The summed E-state index contributed by atoms with van der Waals surface area (Å²) < 4.78 is 7.70. The summed E-state index contributed by atoms with van der Waals surface area (Å²) in [6.07, 6.45) is 5.14. The minimum atomic E-state index is -0.296. The van der Waals surface area contributed by atoms with Crippen LogP contribution in [0.4, 0.5) is 0 Å². The van der Waals surface area contributed by atoms with Crippen molar-refractivity contribution in [2.75, 3.05) is 26.7 Å². The smallest absolute Gasteiger partial charge is 0.253 e. The second-order valence-electron chi connectivity index (χ2n) is 7.24. The van der Waals surface area contributed by atoms with Gasteiger partial charge >= 0.3 is 0 Å². The van der Waals surface area contributed by atoms with E-state index in [0.717, 1.165) is 31.6 Å². The predicted octanol–water partition coefficient (Wildman–Crippen LogP) is 2.82. The first-order valence-electron chi connectivity index (χ1n) is 9.58. The van der Waals surface area contributed by atoms with E-state index in [4.69, 9.17) is 4.74 Å². The van der Waals surface area contributed by atoms with Gasteiger partial charge in [-0.3, -0.25) is 4.79 Å². The van der Waals surface area contributed by atoms with Crippen molar-refractivity contribution < 1.29 is 9.53 Å². The topological polar surface area (TPSA) is 81.1 Å². The van der Waals surface area contributed by atoms with E-state index in [2.05, 4.69) is 32.7 Å². The van der Waals surface area contributed by atoms with E-state index < -0.39 is 0 Å². The molecule has 0 spiro atoms. The van der Waals surface area contributed by atoms with Crippen molar-refractivity contribution in [3.05, 3.63) is 60.0 Å². The molecule has 30 heavy (non-hydrogen) atoms. The third kappa shape index (κ3) is 5.29. The quantitative estimate of drug-likeness (QED) is 0.601. The van der Waals surface area contributed by atoms with E-state index in [1.807, 2.05) is 22.8 Å². The van der Waals surface area contributed by atoms with Gasteiger partial charge in [0.2, 0.25) is 0 Å². The number of aromatic nitrogens is 3. The van der Waals surface area contributed by atoms with Crippen molar-refractivity contribution in [2.45, 2.75) is 25.0 Å². The number of carbonyl (C=O) groups is 1. The fourth-order valence-electron chi connectivity index (χ4n) is 3.65. The van der Waals surface area contributed by atoms with E-state index >= 15 is 0 Å². The number of amides is 1. The molecule has 3 aromatic rings. The molecule has 3 heterocycles. The number of hydrogen-bond donors (Lipinski definition) is 2. The van der Waals surface area contributed by atoms with Crippen LogP contribution in [0.15, 0.2) is 48.9 Å². The van der Waals surface area contributed by atoms with Crippen LogP contribution in [0.25, 0.3) is 11.2 Å². The van der Waals surface area contributed by atoms with Crippen LogP contribution in [0, 0.1) is 0 Å². The molecule has 162 valence electrons. The number of ether oxygens (including phenoxy) is 1. The molecule has 4 rings (SSSR count). The van der Waals surface area contributed by atoms with Gasteiger partial charge in [0.15, 0.2) is 5.65 Å². The Bertz CT molecular complexity index is 958. The minimum absolute atomic E-state index is 0. The minimum Gasteiger partial charge on any atom is -0.376 e. The number of pyridine rings is 1. The molecule has 2 N–H and O–H groups in total. The monoisotopic (exact) mass is 451 g/mol. The van der Waals surface area contributed by atoms with Gasteiger partial charge in [-0.2, -0.15) is 0 Å². The van der Waals surface area contributed by atoms with Crippen LogP contribution in [-0.2, 0) is 11.3 Å². The van der Waals surface area contributed by atoms with Crippen molar-refractivity contribution in [2.24, 2.45) is 0 Å². The maximum absolute atomic E-state index is 12.6. The Morgan fingerprint density at radius 3 is 2.63 bits per heavy atom. The molecule has 0 aliphatic carbocycles. The van der Waals surface area contributed by atoms with Gasteiger partial charge in [-0.1, -0.05) is 30.3 Å². The molecular formula is C21H27Cl2N5O2. The maximum Gasteiger partial charge on any atom is 0.253 e. The number of benzene rings is 1. The SMILES string of the molecule is COC1(CNC(=O)c2cnc3c(c2)ncn3Cc2ccccc2)CCNCC1.Cl.Cl. The highest BCUT2D eigenvalue weighted by molar-refractivity contribution is 5.96. The van der Waals surface area contributed by atoms with Crippen LogP contribution in [0.3, 0.4) is 0 Å². The lowest BCUT2D eigenvalue weighted by Crippen LogP contribution is -2.50. The van der Waals surface area contributed by atoms with Crippen molar-refractivity contribution in [1.29, 1.82) is 0 Å². The average molecular weight is 452 g/mol. The average Bonchev–Trinajstić information content (AvgIpc) is 3.15. The highest BCUT2D eigenvalue weighted by Crippen LogP contribution is 2.21. The van der Waals surface area contributed by atoms with Crippen LogP contribution in [0.2, 0.25) is 0 Å². The van der Waals surface area contributed by atoms with Crippen LogP contribution in [0.5, 0.6) is 0 Å². The molecule has 1 aliphatic rings. The van der Waals surface area contributed by atoms with Gasteiger partial charge in [-0.15, -0.1) is 24.8 Å². The maximum atomic E-state index is 12.6. The van der Waals surface area contributed by atoms with Crippen LogP contribution >= 0.6 is 24.8 Å². The number of nitrogens with zero attached hydrogens (tertiary/aromatic N) is 3. The molecule has 7 nitrogen and oxygen atoms in total. The molecule has 0 saturated carbocycles. The lowest BCUT2D eigenvalue weighted by atomic mass is 9.92. The molecular weight excluding hydrogens is 425 g/mol. The molecule has 1 saturated heterocycles. The number of halogens is 2. The largest absolute Gasteiger partial charge is 0.376 e. The standard InChI is InChI=1S/C21H25N5O2.2ClH/c1-28-21(7-9-22-10-8-21)14-24-20(27)17-11-18-19(23-12-17)26(15-25-18)13-16-5-3-2-4-6-16;;/h2-6,11-12,15,22H,7-10,13-14H2,1H3,(H,24,27);2*1H. The van der Waals surface area contributed by atoms with Crippen LogP contribution < -0.4 is 10.6 Å². The summed E-state index contributed by atoms with van der Waals surface area (Å²) in [6, 6.07) is 12.0. The number of nitrogens with one attached hydrogen (secondary N) is 2. The summed E-state index contributed by atoms with van der Waals surface area (Å²) in [5, 5.41) is 6.33. The Hall–Kier alpha value is -2.19. The molecule has 1 aliphatic heterocycles. The Labute approximate surface area is 188 Å². The molecule has 2 aromatic heterocycles. The van der Waals surface area contributed by atoms with E-state index in [9.17, 15) is 4.79 Å². The van der Waals surface area contributed by atoms with E-state index in [1.54, 1.807) is 25.7 Å². The molecule has 0 radical (unpaired) electrons. The first-order valence-corrected chi connectivity index (χ1v) is 9.58. The van der Waals surface area contributed by atoms with Gasteiger partial charge in [0.05, 0.1) is 24.0 Å². The molecule has 1 fully saturated rings. The number of methoxy groups -OCH3 is 1. The summed E-state index contributed by atoms with van der Waals surface area (Å²) in [7, 11) is 1.71. The van der Waals surface area contributed by atoms with Gasteiger partial charge in [-0.25, -0.2) is 9.97 Å². The van der Waals surface area contributed by atoms with Crippen LogP contribution in [0.1, 0.15) is 28.8 Å². The van der Waals surface area contributed by atoms with Crippen molar-refractivity contribution in [3.8, 4) is 0 Å². The van der Waals surface area contributed by atoms with Crippen molar-refractivity contribution in [3.63, 3.8) is 0 Å². The number of carbonyl (C=O) groups excluding carboxylic acids is 1. The third-order valence-electron chi connectivity index (χ3n) is 5.43. The van der Waals surface area contributed by atoms with Gasteiger partial charge in [0, 0.05) is 19.9 Å². The summed E-state index contributed by atoms with van der Waals surface area (Å²) in [6.45, 7) is 2.98. The zero-order valence-corrected chi connectivity index (χ0v) is 18.5. The Kier molecular flexibility index (Phi) is 8.61. The lowest BCUT2D eigenvalue weighted by molar-refractivity contribution is -0.0312. The molecule has 9 heteroatoms. The van der Waals surface area contributed by atoms with E-state index in [-0.39, 0.29) is 36.3 Å². The van der Waals surface area contributed by atoms with Crippen molar-refractivity contribution >= 4 is 41.9 Å². The summed E-state index contributed by atoms with van der Waals surface area (Å²) in [5.74, 6) is -0.151. The molecule has 0 atom stereocenters. The van der Waals surface area contributed by atoms with Crippen LogP contribution in [-0.4, -0.2) is 52.8 Å². The van der Waals surface area contributed by atoms with E-state index in [0.29, 0.717) is 24.2 Å². The fourth-order valence-corrected chi connectivity index (χ4v) is 3.65. The zero-order chi connectivity index (χ0) is 19.4. The number of hydrogen-bond acceptors (Lipinski definition) is 5. The Balaban J connectivity index is 0.00000160. The second kappa shape index (κ2) is 10.7. The molecule has 1 amide bonds.